The zero-order valence-corrected chi connectivity index (χ0v) is 19.7. The first-order chi connectivity index (χ1) is 15.9. The van der Waals surface area contributed by atoms with Gasteiger partial charge in [-0.05, 0) is 36.8 Å². The fraction of sp³-hybridized carbons (Fsp3) is 0.261. The van der Waals surface area contributed by atoms with E-state index in [4.69, 9.17) is 0 Å². The Hall–Kier alpha value is -3.24. The van der Waals surface area contributed by atoms with E-state index in [-0.39, 0.29) is 18.6 Å². The quantitative estimate of drug-likeness (QED) is 0.329. The Labute approximate surface area is 198 Å². The summed E-state index contributed by atoms with van der Waals surface area (Å²) in [5, 5.41) is 1.01. The molecule has 10 heteroatoms. The highest BCUT2D eigenvalue weighted by Crippen LogP contribution is 2.29. The van der Waals surface area contributed by atoms with E-state index in [0.717, 1.165) is 30.0 Å². The van der Waals surface area contributed by atoms with Crippen LogP contribution >= 0.6 is 23.1 Å². The molecule has 1 aliphatic heterocycles. The van der Waals surface area contributed by atoms with E-state index in [1.807, 2.05) is 37.3 Å². The molecular formula is C23H22N4O4S2. The molecule has 4 rings (SSSR count). The summed E-state index contributed by atoms with van der Waals surface area (Å²) in [6.45, 7) is 3.50. The maximum Gasteiger partial charge on any atom is 0.259 e. The molecule has 0 aliphatic carbocycles. The maximum atomic E-state index is 13.1. The number of fused-ring (bicyclic) bond motifs is 1. The lowest BCUT2D eigenvalue weighted by atomic mass is 10.2. The third-order valence-electron chi connectivity index (χ3n) is 5.11. The van der Waals surface area contributed by atoms with Crippen LogP contribution in [-0.4, -0.2) is 45.4 Å². The Kier molecular flexibility index (Phi) is 6.75. The van der Waals surface area contributed by atoms with Crippen molar-refractivity contribution < 1.29 is 19.2 Å². The zero-order valence-electron chi connectivity index (χ0n) is 18.1. The fourth-order valence-corrected chi connectivity index (χ4v) is 5.41. The normalized spacial score (nSPS) is 15.8. The van der Waals surface area contributed by atoms with Gasteiger partial charge in [0.25, 0.3) is 5.91 Å². The van der Waals surface area contributed by atoms with Crippen LogP contribution in [-0.2, 0) is 19.2 Å². The van der Waals surface area contributed by atoms with E-state index in [1.54, 1.807) is 25.1 Å². The molecule has 0 spiro atoms. The number of nitrogens with one attached hydrogen (secondary N) is 1. The Morgan fingerprint density at radius 3 is 2.73 bits per heavy atom. The topological polar surface area (TPSA) is 99.7 Å². The summed E-state index contributed by atoms with van der Waals surface area (Å²) < 4.78 is 1.76. The average molecular weight is 483 g/mol. The summed E-state index contributed by atoms with van der Waals surface area (Å²) in [6, 6.07) is 13.6. The second kappa shape index (κ2) is 9.72. The molecule has 1 atom stereocenters. The minimum atomic E-state index is -1.08. The lowest BCUT2D eigenvalue weighted by Gasteiger charge is -2.27. The number of thioether (sulfide) groups is 1. The van der Waals surface area contributed by atoms with Crippen molar-refractivity contribution in [1.82, 2.24) is 15.4 Å². The Bertz CT molecular complexity index is 1210. The van der Waals surface area contributed by atoms with Gasteiger partial charge in [0, 0.05) is 6.42 Å². The third kappa shape index (κ3) is 4.91. The lowest BCUT2D eigenvalue weighted by molar-refractivity contribution is -0.146. The predicted molar refractivity (Wildman–Crippen MR) is 128 cm³/mol. The van der Waals surface area contributed by atoms with Crippen LogP contribution in [0.15, 0.2) is 52.9 Å². The van der Waals surface area contributed by atoms with E-state index >= 15 is 0 Å². The predicted octanol–water partition coefficient (Wildman–Crippen LogP) is 3.30. The van der Waals surface area contributed by atoms with Crippen LogP contribution in [0.5, 0.6) is 0 Å². The molecule has 1 unspecified atom stereocenters. The highest BCUT2D eigenvalue weighted by atomic mass is 32.2. The molecule has 2 aromatic carbocycles. The van der Waals surface area contributed by atoms with Crippen LogP contribution in [0.1, 0.15) is 25.3 Å². The number of carbonyl (C=O) groups is 4. The maximum absolute atomic E-state index is 13.1. The van der Waals surface area contributed by atoms with Gasteiger partial charge in [0.15, 0.2) is 4.34 Å². The van der Waals surface area contributed by atoms with Gasteiger partial charge >= 0.3 is 0 Å². The summed E-state index contributed by atoms with van der Waals surface area (Å²) in [7, 11) is 0. The summed E-state index contributed by atoms with van der Waals surface area (Å²) in [5.41, 5.74) is 4.76. The van der Waals surface area contributed by atoms with Crippen molar-refractivity contribution in [2.75, 3.05) is 10.7 Å². The van der Waals surface area contributed by atoms with Crippen LogP contribution in [0, 0.1) is 6.92 Å². The molecule has 1 N–H and O–H groups in total. The van der Waals surface area contributed by atoms with Crippen molar-refractivity contribution in [2.24, 2.45) is 0 Å². The van der Waals surface area contributed by atoms with Gasteiger partial charge in [0.1, 0.15) is 6.04 Å². The van der Waals surface area contributed by atoms with Crippen LogP contribution in [0.25, 0.3) is 10.2 Å². The number of hydrogen-bond donors (Lipinski definition) is 1. The number of benzene rings is 2. The molecule has 0 radical (unpaired) electrons. The van der Waals surface area contributed by atoms with Crippen molar-refractivity contribution in [3.05, 3.63) is 54.1 Å². The number of para-hydroxylation sites is 1. The minimum absolute atomic E-state index is 0.0176. The van der Waals surface area contributed by atoms with Crippen LogP contribution in [0.2, 0.25) is 0 Å². The van der Waals surface area contributed by atoms with Gasteiger partial charge in [-0.3, -0.25) is 24.6 Å². The van der Waals surface area contributed by atoms with E-state index in [1.165, 1.54) is 23.1 Å². The number of rotatable bonds is 6. The number of hydrazine groups is 1. The van der Waals surface area contributed by atoms with Gasteiger partial charge in [-0.15, -0.1) is 11.3 Å². The summed E-state index contributed by atoms with van der Waals surface area (Å²) in [6.07, 6.45) is -0.114. The van der Waals surface area contributed by atoms with Gasteiger partial charge in [-0.1, -0.05) is 43.0 Å². The Morgan fingerprint density at radius 2 is 2.00 bits per heavy atom. The van der Waals surface area contributed by atoms with Crippen molar-refractivity contribution in [1.29, 1.82) is 0 Å². The number of anilines is 1. The third-order valence-corrected chi connectivity index (χ3v) is 7.29. The van der Waals surface area contributed by atoms with Crippen molar-refractivity contribution in [3.63, 3.8) is 0 Å². The van der Waals surface area contributed by atoms with Crippen LogP contribution in [0.4, 0.5) is 5.69 Å². The molecular weight excluding hydrogens is 460 g/mol. The van der Waals surface area contributed by atoms with Crippen LogP contribution < -0.4 is 10.3 Å². The number of thiazole rings is 1. The number of aromatic nitrogens is 1. The number of amides is 4. The average Bonchev–Trinajstić information content (AvgIpc) is 3.35. The number of aryl methyl sites for hydroxylation is 1. The van der Waals surface area contributed by atoms with E-state index in [9.17, 15) is 19.2 Å². The Balaban J connectivity index is 1.46. The summed E-state index contributed by atoms with van der Waals surface area (Å²) >= 11 is 2.73. The van der Waals surface area contributed by atoms with Gasteiger partial charge in [-0.25, -0.2) is 14.9 Å². The number of hydrogen-bond acceptors (Lipinski definition) is 7. The minimum Gasteiger partial charge on any atom is -0.274 e. The van der Waals surface area contributed by atoms with Gasteiger partial charge < -0.3 is 0 Å². The molecule has 0 bridgehead atoms. The van der Waals surface area contributed by atoms with E-state index in [0.29, 0.717) is 5.69 Å². The second-order valence-electron chi connectivity index (χ2n) is 7.51. The molecule has 2 heterocycles. The van der Waals surface area contributed by atoms with Crippen molar-refractivity contribution in [2.45, 2.75) is 37.1 Å². The first-order valence-corrected chi connectivity index (χ1v) is 12.2. The highest BCUT2D eigenvalue weighted by Gasteiger charge is 2.45. The van der Waals surface area contributed by atoms with Crippen molar-refractivity contribution >= 4 is 62.6 Å². The largest absolute Gasteiger partial charge is 0.274 e. The SMILES string of the molecule is CCC(=O)N(NC(=O)CSc1nc2ccccc2s1)C1CC(=O)N(c2cccc(C)c2)C1=O. The lowest BCUT2D eigenvalue weighted by Crippen LogP contribution is -2.55. The van der Waals surface area contributed by atoms with E-state index < -0.39 is 29.7 Å². The fourth-order valence-electron chi connectivity index (χ4n) is 3.55. The highest BCUT2D eigenvalue weighted by molar-refractivity contribution is 8.01. The number of nitrogens with zero attached hydrogens (tertiary/aromatic N) is 3. The monoisotopic (exact) mass is 482 g/mol. The summed E-state index contributed by atoms with van der Waals surface area (Å²) in [5.74, 6) is -1.82. The van der Waals surface area contributed by atoms with Gasteiger partial charge in [-0.2, -0.15) is 0 Å². The molecule has 4 amide bonds. The molecule has 170 valence electrons. The number of imide groups is 1. The summed E-state index contributed by atoms with van der Waals surface area (Å²) in [4.78, 5) is 56.5. The smallest absolute Gasteiger partial charge is 0.259 e. The first kappa shape index (κ1) is 22.9. The molecule has 0 saturated carbocycles. The molecule has 8 nitrogen and oxygen atoms in total. The van der Waals surface area contributed by atoms with Gasteiger partial charge in [0.2, 0.25) is 17.7 Å². The van der Waals surface area contributed by atoms with Crippen LogP contribution in [0.3, 0.4) is 0 Å². The second-order valence-corrected chi connectivity index (χ2v) is 9.77. The molecule has 1 aromatic heterocycles. The van der Waals surface area contributed by atoms with Crippen molar-refractivity contribution in [3.8, 4) is 0 Å². The molecule has 3 aromatic rings. The molecule has 33 heavy (non-hydrogen) atoms. The van der Waals surface area contributed by atoms with E-state index in [2.05, 4.69) is 10.4 Å². The number of carbonyl (C=O) groups excluding carboxylic acids is 4. The standard InChI is InChI=1S/C23H22N4O4S2/c1-3-20(29)27(17-12-21(30)26(22(17)31)15-8-6-7-14(2)11-15)25-19(28)13-32-23-24-16-9-4-5-10-18(16)33-23/h4-11,17H,3,12-13H2,1-2H3,(H,25,28). The zero-order chi connectivity index (χ0) is 23.5. The van der Waals surface area contributed by atoms with Gasteiger partial charge in [0.05, 0.1) is 28.1 Å². The first-order valence-electron chi connectivity index (χ1n) is 10.4. The Morgan fingerprint density at radius 1 is 1.21 bits per heavy atom. The molecule has 1 aliphatic rings. The molecule has 1 saturated heterocycles. The molecule has 1 fully saturated rings.